The van der Waals surface area contributed by atoms with E-state index in [2.05, 4.69) is 22.6 Å². The van der Waals surface area contributed by atoms with Crippen LogP contribution in [0.2, 0.25) is 0 Å². The molecule has 0 amide bonds. The normalized spacial score (nSPS) is 9.08. The van der Waals surface area contributed by atoms with Gasteiger partial charge in [-0.1, -0.05) is 20.1 Å². The molecule has 0 saturated carbocycles. The van der Waals surface area contributed by atoms with Crippen LogP contribution >= 0.6 is 0 Å². The fourth-order valence-corrected chi connectivity index (χ4v) is 0.758. The molecule has 13 heavy (non-hydrogen) atoms. The Labute approximate surface area is 76.8 Å². The molecule has 0 fully saturated rings. The van der Waals surface area contributed by atoms with Gasteiger partial charge < -0.3 is 9.47 Å². The molecule has 0 aromatic carbocycles. The Balaban J connectivity index is 4.30. The molecule has 4 heteroatoms. The highest BCUT2D eigenvalue weighted by Gasteiger charge is 2.26. The van der Waals surface area contributed by atoms with E-state index in [1.165, 1.54) is 0 Å². The number of rotatable bonds is 5. The second-order valence-electron chi connectivity index (χ2n) is 2.17. The number of hydrogen-bond donors (Lipinski definition) is 0. The Morgan fingerprint density at radius 3 is 1.85 bits per heavy atom. The van der Waals surface area contributed by atoms with Crippen molar-refractivity contribution >= 4 is 11.9 Å². The van der Waals surface area contributed by atoms with Gasteiger partial charge in [-0.05, 0) is 6.42 Å². The Morgan fingerprint density at radius 1 is 1.23 bits per heavy atom. The summed E-state index contributed by atoms with van der Waals surface area (Å²) < 4.78 is 8.90. The number of ether oxygens (including phenoxy) is 2. The third-order valence-electron chi connectivity index (χ3n) is 1.38. The Bertz CT molecular complexity index is 198. The highest BCUT2D eigenvalue weighted by Crippen LogP contribution is 2.08. The zero-order valence-corrected chi connectivity index (χ0v) is 7.49. The lowest BCUT2D eigenvalue weighted by Gasteiger charge is -2.08. The third-order valence-corrected chi connectivity index (χ3v) is 1.38. The van der Waals surface area contributed by atoms with Crippen molar-refractivity contribution in [3.8, 4) is 0 Å². The van der Waals surface area contributed by atoms with Gasteiger partial charge >= 0.3 is 11.9 Å². The Kier molecular flexibility index (Phi) is 5.27. The summed E-state index contributed by atoms with van der Waals surface area (Å²) in [5.74, 6) is -2.23. The molecule has 0 N–H and O–H groups in total. The molecular weight excluding hydrogens is 172 g/mol. The minimum Gasteiger partial charge on any atom is -0.434 e. The maximum absolute atomic E-state index is 11.1. The molecule has 0 aliphatic rings. The van der Waals surface area contributed by atoms with E-state index in [0.717, 1.165) is 12.5 Å². The van der Waals surface area contributed by atoms with Crippen molar-refractivity contribution in [2.24, 2.45) is 5.92 Å². The molecule has 0 aliphatic carbocycles. The van der Waals surface area contributed by atoms with Gasteiger partial charge in [0, 0.05) is 0 Å². The molecule has 0 heterocycles. The Morgan fingerprint density at radius 2 is 1.62 bits per heavy atom. The van der Waals surface area contributed by atoms with Crippen molar-refractivity contribution < 1.29 is 19.1 Å². The van der Waals surface area contributed by atoms with E-state index in [1.54, 1.807) is 6.92 Å². The van der Waals surface area contributed by atoms with Crippen LogP contribution in [0.5, 0.6) is 0 Å². The van der Waals surface area contributed by atoms with Crippen LogP contribution in [0.4, 0.5) is 0 Å². The van der Waals surface area contributed by atoms with Crippen LogP contribution < -0.4 is 0 Å². The lowest BCUT2D eigenvalue weighted by Crippen LogP contribution is -2.25. The summed E-state index contributed by atoms with van der Waals surface area (Å²) in [7, 11) is 0. The van der Waals surface area contributed by atoms with Crippen molar-refractivity contribution in [3.63, 3.8) is 0 Å². The van der Waals surface area contributed by atoms with Gasteiger partial charge in [-0.25, -0.2) is 0 Å². The average molecular weight is 184 g/mol. The summed E-state index contributed by atoms with van der Waals surface area (Å²) >= 11 is 0. The van der Waals surface area contributed by atoms with Gasteiger partial charge in [-0.3, -0.25) is 9.59 Å². The van der Waals surface area contributed by atoms with Gasteiger partial charge in [0.2, 0.25) is 0 Å². The summed E-state index contributed by atoms with van der Waals surface area (Å²) in [5, 5.41) is 0. The van der Waals surface area contributed by atoms with Crippen LogP contribution in [0.25, 0.3) is 0 Å². The largest absolute Gasteiger partial charge is 0.434 e. The molecule has 0 saturated heterocycles. The summed E-state index contributed by atoms with van der Waals surface area (Å²) in [6.45, 7) is 8.09. The van der Waals surface area contributed by atoms with Crippen LogP contribution in [-0.2, 0) is 19.1 Å². The first-order chi connectivity index (χ1) is 6.17. The predicted molar refractivity (Wildman–Crippen MR) is 46.4 cm³/mol. The van der Waals surface area contributed by atoms with Crippen molar-refractivity contribution in [1.29, 1.82) is 0 Å². The van der Waals surface area contributed by atoms with Crippen molar-refractivity contribution in [2.75, 3.05) is 0 Å². The smallest absolute Gasteiger partial charge is 0.325 e. The zero-order chi connectivity index (χ0) is 10.3. The summed E-state index contributed by atoms with van der Waals surface area (Å²) in [6, 6.07) is 0. The van der Waals surface area contributed by atoms with Crippen LogP contribution in [0.3, 0.4) is 0 Å². The molecule has 4 nitrogen and oxygen atoms in total. The topological polar surface area (TPSA) is 52.6 Å². The third kappa shape index (κ3) is 3.55. The highest BCUT2D eigenvalue weighted by molar-refractivity contribution is 5.95. The SMILES string of the molecule is C=COC(=O)C(CC)C(=O)OC=C. The molecule has 0 rings (SSSR count). The summed E-state index contributed by atoms with van der Waals surface area (Å²) in [6.07, 6.45) is 2.28. The van der Waals surface area contributed by atoms with Gasteiger partial charge in [0.1, 0.15) is 0 Å². The molecule has 0 spiro atoms. The van der Waals surface area contributed by atoms with Crippen LogP contribution in [-0.4, -0.2) is 11.9 Å². The molecule has 0 aromatic heterocycles. The lowest BCUT2D eigenvalue weighted by atomic mass is 10.1. The van der Waals surface area contributed by atoms with Crippen molar-refractivity contribution in [3.05, 3.63) is 25.7 Å². The van der Waals surface area contributed by atoms with Crippen LogP contribution in [0, 0.1) is 5.92 Å². The van der Waals surface area contributed by atoms with Crippen LogP contribution in [0.1, 0.15) is 13.3 Å². The van der Waals surface area contributed by atoms with E-state index in [-0.39, 0.29) is 0 Å². The van der Waals surface area contributed by atoms with Crippen LogP contribution in [0.15, 0.2) is 25.7 Å². The second-order valence-corrected chi connectivity index (χ2v) is 2.17. The lowest BCUT2D eigenvalue weighted by molar-refractivity contribution is -0.155. The molecule has 0 aliphatic heterocycles. The Hall–Kier alpha value is -1.58. The first-order valence-electron chi connectivity index (χ1n) is 3.80. The van der Waals surface area contributed by atoms with Gasteiger partial charge in [-0.15, -0.1) is 0 Å². The van der Waals surface area contributed by atoms with E-state index >= 15 is 0 Å². The molecule has 0 radical (unpaired) electrons. The van der Waals surface area contributed by atoms with Crippen molar-refractivity contribution in [2.45, 2.75) is 13.3 Å². The fraction of sp³-hybridized carbons (Fsp3) is 0.333. The first-order valence-corrected chi connectivity index (χ1v) is 3.80. The van der Waals surface area contributed by atoms with Gasteiger partial charge in [-0.2, -0.15) is 0 Å². The van der Waals surface area contributed by atoms with E-state index < -0.39 is 17.9 Å². The minimum absolute atomic E-state index is 0.319. The quantitative estimate of drug-likeness (QED) is 0.368. The molecule has 0 unspecified atom stereocenters. The number of esters is 2. The fourth-order valence-electron chi connectivity index (χ4n) is 0.758. The predicted octanol–water partition coefficient (Wildman–Crippen LogP) is 1.39. The van der Waals surface area contributed by atoms with Gasteiger partial charge in [0.05, 0.1) is 12.5 Å². The zero-order valence-electron chi connectivity index (χ0n) is 7.49. The average Bonchev–Trinajstić information content (AvgIpc) is 2.06. The monoisotopic (exact) mass is 184 g/mol. The maximum Gasteiger partial charge on any atom is 0.325 e. The van der Waals surface area contributed by atoms with E-state index in [1.807, 2.05) is 0 Å². The van der Waals surface area contributed by atoms with Gasteiger partial charge in [0.25, 0.3) is 0 Å². The summed E-state index contributed by atoms with van der Waals surface area (Å²) in [5.41, 5.74) is 0. The minimum atomic E-state index is -0.906. The highest BCUT2D eigenvalue weighted by atomic mass is 16.5. The summed E-state index contributed by atoms with van der Waals surface area (Å²) in [4.78, 5) is 22.1. The second kappa shape index (κ2) is 5.99. The number of carbonyl (C=O) groups is 2. The molecular formula is C9H12O4. The van der Waals surface area contributed by atoms with Crippen molar-refractivity contribution in [1.82, 2.24) is 0 Å². The molecule has 0 aromatic rings. The van der Waals surface area contributed by atoms with E-state index in [4.69, 9.17) is 0 Å². The number of hydrogen-bond acceptors (Lipinski definition) is 4. The van der Waals surface area contributed by atoms with E-state index in [9.17, 15) is 9.59 Å². The van der Waals surface area contributed by atoms with Gasteiger partial charge in [0.15, 0.2) is 5.92 Å². The first kappa shape index (κ1) is 11.4. The molecule has 0 atom stereocenters. The molecule has 0 bridgehead atoms. The van der Waals surface area contributed by atoms with E-state index in [0.29, 0.717) is 6.42 Å². The number of carbonyl (C=O) groups excluding carboxylic acids is 2. The maximum atomic E-state index is 11.1. The molecule has 72 valence electrons. The standard InChI is InChI=1S/C9H12O4/c1-4-7(8(10)12-5-2)9(11)13-6-3/h5-7H,2-4H2,1H3.